The van der Waals surface area contributed by atoms with Crippen molar-refractivity contribution in [3.05, 3.63) is 23.9 Å². The number of hydrogen-bond donors (Lipinski definition) is 1. The number of hydrogen-bond acceptors (Lipinski definition) is 5. The fourth-order valence-electron chi connectivity index (χ4n) is 2.33. The lowest BCUT2D eigenvalue weighted by atomic mass is 10.1. The van der Waals surface area contributed by atoms with Crippen LogP contribution in [0, 0.1) is 0 Å². The zero-order chi connectivity index (χ0) is 15.3. The van der Waals surface area contributed by atoms with Gasteiger partial charge in [0.15, 0.2) is 5.03 Å². The number of sulfonamides is 1. The molecule has 1 aliphatic rings. The minimum atomic E-state index is -3.53. The molecule has 1 aliphatic heterocycles. The van der Waals surface area contributed by atoms with Gasteiger partial charge in [0.2, 0.25) is 0 Å². The van der Waals surface area contributed by atoms with Crippen LogP contribution < -0.4 is 5.32 Å². The summed E-state index contributed by atoms with van der Waals surface area (Å²) >= 11 is 0. The average molecular weight is 313 g/mol. The molecule has 0 aromatic carbocycles. The summed E-state index contributed by atoms with van der Waals surface area (Å²) in [4.78, 5) is 4.12. The van der Waals surface area contributed by atoms with E-state index in [1.165, 1.54) is 4.31 Å². The van der Waals surface area contributed by atoms with Gasteiger partial charge >= 0.3 is 0 Å². The second kappa shape index (κ2) is 7.31. The summed E-state index contributed by atoms with van der Waals surface area (Å²) in [5.74, 6) is 0. The number of aromatic nitrogens is 1. The highest BCUT2D eigenvalue weighted by molar-refractivity contribution is 7.89. The fourth-order valence-corrected chi connectivity index (χ4v) is 3.65. The Labute approximate surface area is 126 Å². The molecule has 0 aliphatic carbocycles. The van der Waals surface area contributed by atoms with Crippen LogP contribution in [0.5, 0.6) is 0 Å². The van der Waals surface area contributed by atoms with Gasteiger partial charge in [-0.3, -0.25) is 0 Å². The maximum Gasteiger partial charge on any atom is 0.260 e. The van der Waals surface area contributed by atoms with E-state index in [9.17, 15) is 8.42 Å². The van der Waals surface area contributed by atoms with Crippen molar-refractivity contribution in [2.45, 2.75) is 37.4 Å². The number of rotatable bonds is 6. The molecule has 6 nitrogen and oxygen atoms in total. The SMILES string of the molecule is CCNCc1ccc(S(=O)(=O)N(C)C2CCOCC2)nc1. The molecule has 0 saturated carbocycles. The van der Waals surface area contributed by atoms with Gasteiger partial charge in [0, 0.05) is 39.0 Å². The van der Waals surface area contributed by atoms with E-state index in [2.05, 4.69) is 10.3 Å². The maximum absolute atomic E-state index is 12.6. The predicted molar refractivity (Wildman–Crippen MR) is 80.4 cm³/mol. The summed E-state index contributed by atoms with van der Waals surface area (Å²) in [7, 11) is -1.91. The topological polar surface area (TPSA) is 71.5 Å². The molecule has 1 N–H and O–H groups in total. The minimum Gasteiger partial charge on any atom is -0.381 e. The summed E-state index contributed by atoms with van der Waals surface area (Å²) in [5, 5.41) is 3.29. The molecule has 1 aromatic heterocycles. The predicted octanol–water partition coefficient (Wildman–Crippen LogP) is 0.991. The molecule has 118 valence electrons. The lowest BCUT2D eigenvalue weighted by Crippen LogP contribution is -2.40. The van der Waals surface area contributed by atoms with Gasteiger partial charge in [0.05, 0.1) is 0 Å². The highest BCUT2D eigenvalue weighted by Crippen LogP contribution is 2.20. The van der Waals surface area contributed by atoms with Crippen molar-refractivity contribution < 1.29 is 13.2 Å². The van der Waals surface area contributed by atoms with Crippen molar-refractivity contribution in [3.63, 3.8) is 0 Å². The molecule has 0 radical (unpaired) electrons. The Kier molecular flexibility index (Phi) is 5.69. The molecule has 0 bridgehead atoms. The van der Waals surface area contributed by atoms with Crippen LogP contribution in [0.1, 0.15) is 25.3 Å². The van der Waals surface area contributed by atoms with E-state index in [1.807, 2.05) is 6.92 Å². The van der Waals surface area contributed by atoms with Crippen LogP contribution in [0.25, 0.3) is 0 Å². The summed E-state index contributed by atoms with van der Waals surface area (Å²) in [6.07, 6.45) is 3.08. The molecule has 0 spiro atoms. The first-order valence-corrected chi connectivity index (χ1v) is 8.71. The van der Waals surface area contributed by atoms with Gasteiger partial charge in [-0.2, -0.15) is 4.31 Å². The number of ether oxygens (including phenoxy) is 1. The van der Waals surface area contributed by atoms with E-state index >= 15 is 0 Å². The Morgan fingerprint density at radius 2 is 2.10 bits per heavy atom. The lowest BCUT2D eigenvalue weighted by Gasteiger charge is -2.30. The van der Waals surface area contributed by atoms with Gasteiger partial charge in [-0.05, 0) is 31.0 Å². The Morgan fingerprint density at radius 3 is 2.67 bits per heavy atom. The zero-order valence-corrected chi connectivity index (χ0v) is 13.4. The molecular formula is C14H23N3O3S. The smallest absolute Gasteiger partial charge is 0.260 e. The van der Waals surface area contributed by atoms with E-state index in [0.29, 0.717) is 19.8 Å². The summed E-state index contributed by atoms with van der Waals surface area (Å²) in [5.41, 5.74) is 0.976. The van der Waals surface area contributed by atoms with Gasteiger partial charge in [0.25, 0.3) is 10.0 Å². The van der Waals surface area contributed by atoms with Crippen LogP contribution in [0.3, 0.4) is 0 Å². The highest BCUT2D eigenvalue weighted by Gasteiger charge is 2.30. The first-order valence-electron chi connectivity index (χ1n) is 7.27. The molecule has 1 fully saturated rings. The van der Waals surface area contributed by atoms with Crippen LogP contribution in [0.2, 0.25) is 0 Å². The molecule has 0 unspecified atom stereocenters. The van der Waals surface area contributed by atoms with Crippen molar-refractivity contribution in [2.24, 2.45) is 0 Å². The molecule has 0 atom stereocenters. The standard InChI is InChI=1S/C14H23N3O3S/c1-3-15-10-12-4-5-14(16-11-12)21(18,19)17(2)13-6-8-20-9-7-13/h4-5,11,13,15H,3,6-10H2,1-2H3. The Balaban J connectivity index is 2.10. The lowest BCUT2D eigenvalue weighted by molar-refractivity contribution is 0.0631. The molecule has 1 saturated heterocycles. The highest BCUT2D eigenvalue weighted by atomic mass is 32.2. The Bertz CT molecular complexity index is 539. The van der Waals surface area contributed by atoms with Crippen molar-refractivity contribution in [1.29, 1.82) is 0 Å². The third-order valence-electron chi connectivity index (χ3n) is 3.73. The molecule has 0 amide bonds. The van der Waals surface area contributed by atoms with Gasteiger partial charge < -0.3 is 10.1 Å². The molecular weight excluding hydrogens is 290 g/mol. The Morgan fingerprint density at radius 1 is 1.38 bits per heavy atom. The van der Waals surface area contributed by atoms with Gasteiger partial charge in [-0.15, -0.1) is 0 Å². The van der Waals surface area contributed by atoms with Crippen LogP contribution in [0.4, 0.5) is 0 Å². The third-order valence-corrected chi connectivity index (χ3v) is 5.55. The summed E-state index contributed by atoms with van der Waals surface area (Å²) < 4.78 is 31.8. The van der Waals surface area contributed by atoms with Crippen molar-refractivity contribution in [1.82, 2.24) is 14.6 Å². The quantitative estimate of drug-likeness (QED) is 0.848. The molecule has 2 rings (SSSR count). The second-order valence-electron chi connectivity index (χ2n) is 5.15. The van der Waals surface area contributed by atoms with E-state index in [-0.39, 0.29) is 11.1 Å². The molecule has 7 heteroatoms. The van der Waals surface area contributed by atoms with E-state index in [1.54, 1.807) is 25.4 Å². The maximum atomic E-state index is 12.6. The van der Waals surface area contributed by atoms with E-state index in [0.717, 1.165) is 24.9 Å². The van der Waals surface area contributed by atoms with Gasteiger partial charge in [-0.1, -0.05) is 13.0 Å². The van der Waals surface area contributed by atoms with Crippen LogP contribution >= 0.6 is 0 Å². The van der Waals surface area contributed by atoms with Crippen LogP contribution in [0.15, 0.2) is 23.4 Å². The molecule has 1 aromatic rings. The third kappa shape index (κ3) is 4.00. The monoisotopic (exact) mass is 313 g/mol. The number of nitrogens with zero attached hydrogens (tertiary/aromatic N) is 2. The first kappa shape index (κ1) is 16.4. The Hall–Kier alpha value is -1.02. The number of nitrogens with one attached hydrogen (secondary N) is 1. The minimum absolute atomic E-state index is 0.00742. The van der Waals surface area contributed by atoms with Crippen LogP contribution in [-0.2, 0) is 21.3 Å². The van der Waals surface area contributed by atoms with Crippen molar-refractivity contribution in [2.75, 3.05) is 26.8 Å². The fraction of sp³-hybridized carbons (Fsp3) is 0.643. The normalized spacial score (nSPS) is 17.3. The van der Waals surface area contributed by atoms with Crippen molar-refractivity contribution in [3.8, 4) is 0 Å². The molecule has 21 heavy (non-hydrogen) atoms. The first-order chi connectivity index (χ1) is 10.1. The largest absolute Gasteiger partial charge is 0.381 e. The van der Waals surface area contributed by atoms with E-state index in [4.69, 9.17) is 4.74 Å². The van der Waals surface area contributed by atoms with Crippen LogP contribution in [-0.4, -0.2) is 50.6 Å². The summed E-state index contributed by atoms with van der Waals surface area (Å²) in [6, 6.07) is 3.38. The van der Waals surface area contributed by atoms with E-state index < -0.39 is 10.0 Å². The second-order valence-corrected chi connectivity index (χ2v) is 7.09. The van der Waals surface area contributed by atoms with Crippen molar-refractivity contribution >= 4 is 10.0 Å². The molecule has 2 heterocycles. The van der Waals surface area contributed by atoms with Gasteiger partial charge in [0.1, 0.15) is 0 Å². The number of pyridine rings is 1. The summed E-state index contributed by atoms with van der Waals surface area (Å²) in [6.45, 7) is 4.81. The van der Waals surface area contributed by atoms with Gasteiger partial charge in [-0.25, -0.2) is 13.4 Å². The zero-order valence-electron chi connectivity index (χ0n) is 12.6. The average Bonchev–Trinajstić information content (AvgIpc) is 2.53.